The number of carbonyl (C=O) groups is 1. The van der Waals surface area contributed by atoms with Crippen LogP contribution in [0.1, 0.15) is 24.1 Å². The van der Waals surface area contributed by atoms with Gasteiger partial charge < -0.3 is 15.4 Å². The molecule has 0 aliphatic heterocycles. The average Bonchev–Trinajstić information content (AvgIpc) is 2.54. The van der Waals surface area contributed by atoms with Crippen molar-refractivity contribution in [1.82, 2.24) is 15.6 Å². The number of methoxy groups -OCH3 is 1. The van der Waals surface area contributed by atoms with Gasteiger partial charge in [-0.2, -0.15) is 0 Å². The first-order chi connectivity index (χ1) is 10.2. The Hall–Kier alpha value is -2.56. The molecular formula is C16H19N3O2. The van der Waals surface area contributed by atoms with Crippen molar-refractivity contribution >= 4 is 6.03 Å². The van der Waals surface area contributed by atoms with Crippen molar-refractivity contribution < 1.29 is 9.53 Å². The van der Waals surface area contributed by atoms with E-state index in [4.69, 9.17) is 4.74 Å². The second-order valence-electron chi connectivity index (χ2n) is 4.67. The van der Waals surface area contributed by atoms with Crippen molar-refractivity contribution in [3.63, 3.8) is 0 Å². The number of ether oxygens (including phenoxy) is 1. The third-order valence-corrected chi connectivity index (χ3v) is 3.11. The van der Waals surface area contributed by atoms with Crippen LogP contribution in [-0.4, -0.2) is 18.1 Å². The van der Waals surface area contributed by atoms with Crippen molar-refractivity contribution in [3.05, 3.63) is 59.8 Å². The van der Waals surface area contributed by atoms with Crippen molar-refractivity contribution in [3.8, 4) is 5.88 Å². The van der Waals surface area contributed by atoms with Gasteiger partial charge in [0.1, 0.15) is 0 Å². The third kappa shape index (κ3) is 4.49. The Bertz CT molecular complexity index is 587. The Morgan fingerprint density at radius 1 is 1.29 bits per heavy atom. The fraction of sp³-hybridized carbons (Fsp3) is 0.250. The van der Waals surface area contributed by atoms with Gasteiger partial charge in [-0.25, -0.2) is 9.78 Å². The zero-order chi connectivity index (χ0) is 15.1. The second-order valence-corrected chi connectivity index (χ2v) is 4.67. The SMILES string of the molecule is COc1cc(CNC(=O)NC(C)c2ccccc2)ccn1. The van der Waals surface area contributed by atoms with Crippen LogP contribution in [0.15, 0.2) is 48.7 Å². The van der Waals surface area contributed by atoms with Gasteiger partial charge in [0, 0.05) is 18.8 Å². The van der Waals surface area contributed by atoms with Crippen molar-refractivity contribution in [2.75, 3.05) is 7.11 Å². The zero-order valence-corrected chi connectivity index (χ0v) is 12.2. The van der Waals surface area contributed by atoms with Gasteiger partial charge in [0.15, 0.2) is 0 Å². The Morgan fingerprint density at radius 2 is 2.05 bits per heavy atom. The summed E-state index contributed by atoms with van der Waals surface area (Å²) in [6, 6.07) is 13.2. The number of benzene rings is 1. The first kappa shape index (κ1) is 14.8. The Labute approximate surface area is 124 Å². The summed E-state index contributed by atoms with van der Waals surface area (Å²) in [4.78, 5) is 15.9. The van der Waals surface area contributed by atoms with E-state index in [0.29, 0.717) is 12.4 Å². The predicted octanol–water partition coefficient (Wildman–Crippen LogP) is 2.65. The largest absolute Gasteiger partial charge is 0.481 e. The lowest BCUT2D eigenvalue weighted by molar-refractivity contribution is 0.237. The van der Waals surface area contributed by atoms with Crippen LogP contribution in [0.5, 0.6) is 5.88 Å². The van der Waals surface area contributed by atoms with E-state index in [-0.39, 0.29) is 12.1 Å². The number of hydrogen-bond acceptors (Lipinski definition) is 3. The summed E-state index contributed by atoms with van der Waals surface area (Å²) < 4.78 is 5.04. The topological polar surface area (TPSA) is 63.2 Å². The molecule has 5 nitrogen and oxygen atoms in total. The summed E-state index contributed by atoms with van der Waals surface area (Å²) in [5.74, 6) is 0.535. The van der Waals surface area contributed by atoms with Crippen LogP contribution in [0.3, 0.4) is 0 Å². The Morgan fingerprint density at radius 3 is 2.76 bits per heavy atom. The van der Waals surface area contributed by atoms with Gasteiger partial charge in [-0.05, 0) is 24.1 Å². The van der Waals surface area contributed by atoms with Gasteiger partial charge in [0.05, 0.1) is 13.2 Å². The van der Waals surface area contributed by atoms with E-state index >= 15 is 0 Å². The molecule has 5 heteroatoms. The minimum Gasteiger partial charge on any atom is -0.481 e. The number of pyridine rings is 1. The molecule has 110 valence electrons. The molecule has 0 aliphatic rings. The van der Waals surface area contributed by atoms with E-state index in [0.717, 1.165) is 11.1 Å². The van der Waals surface area contributed by atoms with Crippen LogP contribution in [0.2, 0.25) is 0 Å². The third-order valence-electron chi connectivity index (χ3n) is 3.11. The molecule has 0 saturated carbocycles. The van der Waals surface area contributed by atoms with Crippen LogP contribution in [0.4, 0.5) is 4.79 Å². The highest BCUT2D eigenvalue weighted by Gasteiger charge is 2.08. The van der Waals surface area contributed by atoms with E-state index < -0.39 is 0 Å². The van der Waals surface area contributed by atoms with Gasteiger partial charge in [0.25, 0.3) is 0 Å². The summed E-state index contributed by atoms with van der Waals surface area (Å²) in [7, 11) is 1.56. The maximum atomic E-state index is 11.9. The van der Waals surface area contributed by atoms with Crippen LogP contribution < -0.4 is 15.4 Å². The summed E-state index contributed by atoms with van der Waals surface area (Å²) in [6.45, 7) is 2.37. The van der Waals surface area contributed by atoms with Crippen LogP contribution in [-0.2, 0) is 6.54 Å². The van der Waals surface area contributed by atoms with E-state index in [9.17, 15) is 4.79 Å². The molecule has 0 radical (unpaired) electrons. The molecule has 2 rings (SSSR count). The summed E-state index contributed by atoms with van der Waals surface area (Å²) >= 11 is 0. The minimum absolute atomic E-state index is 0.0434. The van der Waals surface area contributed by atoms with E-state index in [1.807, 2.05) is 43.3 Å². The fourth-order valence-corrected chi connectivity index (χ4v) is 1.93. The first-order valence-electron chi connectivity index (χ1n) is 6.77. The molecule has 1 aromatic heterocycles. The van der Waals surface area contributed by atoms with E-state index in [1.54, 1.807) is 19.4 Å². The normalized spacial score (nSPS) is 11.5. The molecule has 0 aliphatic carbocycles. The first-order valence-corrected chi connectivity index (χ1v) is 6.77. The molecule has 2 aromatic rings. The highest BCUT2D eigenvalue weighted by Crippen LogP contribution is 2.11. The van der Waals surface area contributed by atoms with Crippen molar-refractivity contribution in [2.45, 2.75) is 19.5 Å². The van der Waals surface area contributed by atoms with Gasteiger partial charge in [-0.15, -0.1) is 0 Å². The molecule has 0 saturated heterocycles. The molecule has 0 bridgehead atoms. The zero-order valence-electron chi connectivity index (χ0n) is 12.2. The number of urea groups is 1. The summed E-state index contributed by atoms with van der Waals surface area (Å²) in [5, 5.41) is 5.72. The molecule has 1 aromatic carbocycles. The molecule has 0 fully saturated rings. The standard InChI is InChI=1S/C16H19N3O2/c1-12(14-6-4-3-5-7-14)19-16(20)18-11-13-8-9-17-15(10-13)21-2/h3-10,12H,11H2,1-2H3,(H2,18,19,20). The van der Waals surface area contributed by atoms with Crippen LogP contribution in [0, 0.1) is 0 Å². The number of nitrogens with zero attached hydrogens (tertiary/aromatic N) is 1. The van der Waals surface area contributed by atoms with E-state index in [1.165, 1.54) is 0 Å². The lowest BCUT2D eigenvalue weighted by atomic mass is 10.1. The molecule has 0 spiro atoms. The Balaban J connectivity index is 1.84. The fourth-order valence-electron chi connectivity index (χ4n) is 1.93. The van der Waals surface area contributed by atoms with Crippen LogP contribution in [0.25, 0.3) is 0 Å². The number of aromatic nitrogens is 1. The molecule has 1 heterocycles. The predicted molar refractivity (Wildman–Crippen MR) is 81.0 cm³/mol. The number of nitrogens with one attached hydrogen (secondary N) is 2. The lowest BCUT2D eigenvalue weighted by Gasteiger charge is -2.15. The van der Waals surface area contributed by atoms with E-state index in [2.05, 4.69) is 15.6 Å². The lowest BCUT2D eigenvalue weighted by Crippen LogP contribution is -2.36. The molecule has 21 heavy (non-hydrogen) atoms. The molecule has 2 N–H and O–H groups in total. The second kappa shape index (κ2) is 7.28. The number of hydrogen-bond donors (Lipinski definition) is 2. The smallest absolute Gasteiger partial charge is 0.315 e. The van der Waals surface area contributed by atoms with Crippen LogP contribution >= 0.6 is 0 Å². The number of rotatable bonds is 5. The highest BCUT2D eigenvalue weighted by molar-refractivity contribution is 5.74. The highest BCUT2D eigenvalue weighted by atomic mass is 16.5. The summed E-state index contributed by atoms with van der Waals surface area (Å²) in [6.07, 6.45) is 1.65. The monoisotopic (exact) mass is 285 g/mol. The van der Waals surface area contributed by atoms with Gasteiger partial charge in [0.2, 0.25) is 5.88 Å². The number of carbonyl (C=O) groups excluding carboxylic acids is 1. The molecule has 2 amide bonds. The minimum atomic E-state index is -0.206. The van der Waals surface area contributed by atoms with Crippen molar-refractivity contribution in [2.24, 2.45) is 0 Å². The number of amides is 2. The van der Waals surface area contributed by atoms with Gasteiger partial charge in [-0.1, -0.05) is 30.3 Å². The molecule has 1 unspecified atom stereocenters. The average molecular weight is 285 g/mol. The quantitative estimate of drug-likeness (QED) is 0.887. The maximum absolute atomic E-state index is 11.9. The molecular weight excluding hydrogens is 266 g/mol. The van der Waals surface area contributed by atoms with Gasteiger partial charge >= 0.3 is 6.03 Å². The summed E-state index contributed by atoms with van der Waals surface area (Å²) in [5.41, 5.74) is 2.00. The van der Waals surface area contributed by atoms with Gasteiger partial charge in [-0.3, -0.25) is 0 Å². The maximum Gasteiger partial charge on any atom is 0.315 e. The molecule has 1 atom stereocenters. The van der Waals surface area contributed by atoms with Crippen molar-refractivity contribution in [1.29, 1.82) is 0 Å². The Kier molecular flexibility index (Phi) is 5.15.